The van der Waals surface area contributed by atoms with Gasteiger partial charge in [0.2, 0.25) is 5.91 Å². The molecule has 0 spiro atoms. The third-order valence-corrected chi connectivity index (χ3v) is 3.60. The Kier molecular flexibility index (Phi) is 3.84. The monoisotopic (exact) mass is 312 g/mol. The molecular weight excluding hydrogens is 296 g/mol. The number of nitrogens with zero attached hydrogens (tertiary/aromatic N) is 1. The van der Waals surface area contributed by atoms with Crippen molar-refractivity contribution in [2.24, 2.45) is 11.0 Å². The van der Waals surface area contributed by atoms with E-state index in [2.05, 4.69) is 15.8 Å². The van der Waals surface area contributed by atoms with Gasteiger partial charge >= 0.3 is 0 Å². The van der Waals surface area contributed by atoms with Crippen LogP contribution in [0.2, 0.25) is 0 Å². The van der Waals surface area contributed by atoms with Crippen LogP contribution in [0.5, 0.6) is 0 Å². The molecule has 3 rings (SSSR count). The molecule has 1 aliphatic heterocycles. The number of anilines is 2. The second-order valence-electron chi connectivity index (χ2n) is 5.37. The predicted octanol–water partition coefficient (Wildman–Crippen LogP) is 1.97. The van der Waals surface area contributed by atoms with E-state index in [1.54, 1.807) is 30.3 Å². The Morgan fingerprint density at radius 3 is 2.91 bits per heavy atom. The van der Waals surface area contributed by atoms with Crippen LogP contribution in [0.4, 0.5) is 11.4 Å². The summed E-state index contributed by atoms with van der Waals surface area (Å²) in [5, 5.41) is 6.79. The van der Waals surface area contributed by atoms with Crippen LogP contribution in [-0.4, -0.2) is 17.5 Å². The number of carbonyl (C=O) groups excluding carboxylic acids is 2. The van der Waals surface area contributed by atoms with E-state index in [9.17, 15) is 9.59 Å². The number of nitrogens with two attached hydrogens (primary N) is 1. The van der Waals surface area contributed by atoms with Crippen LogP contribution in [0.1, 0.15) is 29.5 Å². The SMILES string of the molecule is CC1CC(=O)NN=C1c1ccc(NC(=O)c2ccco2)c(N)c1. The molecule has 1 aliphatic rings. The van der Waals surface area contributed by atoms with E-state index in [1.165, 1.54) is 6.26 Å². The summed E-state index contributed by atoms with van der Waals surface area (Å²) in [6.45, 7) is 1.93. The summed E-state index contributed by atoms with van der Waals surface area (Å²) in [7, 11) is 0. The average Bonchev–Trinajstić information content (AvgIpc) is 3.04. The topological polar surface area (TPSA) is 110 Å². The highest BCUT2D eigenvalue weighted by Crippen LogP contribution is 2.24. The van der Waals surface area contributed by atoms with Gasteiger partial charge in [-0.25, -0.2) is 5.43 Å². The Bertz CT molecular complexity index is 781. The fourth-order valence-electron chi connectivity index (χ4n) is 2.43. The third-order valence-electron chi connectivity index (χ3n) is 3.60. The predicted molar refractivity (Wildman–Crippen MR) is 86.0 cm³/mol. The Hall–Kier alpha value is -3.09. The highest BCUT2D eigenvalue weighted by atomic mass is 16.3. The number of hydrogen-bond donors (Lipinski definition) is 3. The van der Waals surface area contributed by atoms with E-state index in [-0.39, 0.29) is 23.5 Å². The molecule has 2 amide bonds. The van der Waals surface area contributed by atoms with Crippen molar-refractivity contribution in [3.05, 3.63) is 47.9 Å². The van der Waals surface area contributed by atoms with Crippen LogP contribution < -0.4 is 16.5 Å². The quantitative estimate of drug-likeness (QED) is 0.753. The van der Waals surface area contributed by atoms with Gasteiger partial charge < -0.3 is 15.5 Å². The van der Waals surface area contributed by atoms with Crippen LogP contribution >= 0.6 is 0 Å². The molecule has 1 unspecified atom stereocenters. The summed E-state index contributed by atoms with van der Waals surface area (Å²) >= 11 is 0. The Labute approximate surface area is 132 Å². The summed E-state index contributed by atoms with van der Waals surface area (Å²) in [5.74, 6) is -0.255. The summed E-state index contributed by atoms with van der Waals surface area (Å²) in [6.07, 6.45) is 1.81. The molecular formula is C16H16N4O3. The van der Waals surface area contributed by atoms with Gasteiger partial charge in [-0.05, 0) is 24.3 Å². The Morgan fingerprint density at radius 2 is 2.26 bits per heavy atom. The molecule has 1 atom stereocenters. The molecule has 0 aliphatic carbocycles. The van der Waals surface area contributed by atoms with Gasteiger partial charge in [0.1, 0.15) is 0 Å². The lowest BCUT2D eigenvalue weighted by molar-refractivity contribution is -0.121. The van der Waals surface area contributed by atoms with E-state index in [4.69, 9.17) is 10.2 Å². The molecule has 2 aromatic rings. The minimum absolute atomic E-state index is 0.00621. The first-order chi connectivity index (χ1) is 11.0. The van der Waals surface area contributed by atoms with E-state index >= 15 is 0 Å². The van der Waals surface area contributed by atoms with Crippen molar-refractivity contribution in [2.45, 2.75) is 13.3 Å². The number of hydrogen-bond acceptors (Lipinski definition) is 5. The van der Waals surface area contributed by atoms with Crippen molar-refractivity contribution < 1.29 is 14.0 Å². The van der Waals surface area contributed by atoms with Gasteiger partial charge in [0.05, 0.1) is 23.3 Å². The largest absolute Gasteiger partial charge is 0.459 e. The minimum Gasteiger partial charge on any atom is -0.459 e. The van der Waals surface area contributed by atoms with Gasteiger partial charge in [-0.1, -0.05) is 13.0 Å². The average molecular weight is 312 g/mol. The Morgan fingerprint density at radius 1 is 1.43 bits per heavy atom. The fraction of sp³-hybridized carbons (Fsp3) is 0.188. The molecule has 1 aromatic carbocycles. The molecule has 0 bridgehead atoms. The van der Waals surface area contributed by atoms with E-state index in [0.29, 0.717) is 17.8 Å². The zero-order valence-electron chi connectivity index (χ0n) is 12.5. The van der Waals surface area contributed by atoms with Crippen LogP contribution in [0.25, 0.3) is 0 Å². The van der Waals surface area contributed by atoms with E-state index in [1.807, 2.05) is 6.92 Å². The van der Waals surface area contributed by atoms with Gasteiger partial charge in [0.15, 0.2) is 5.76 Å². The molecule has 23 heavy (non-hydrogen) atoms. The summed E-state index contributed by atoms with van der Waals surface area (Å²) in [4.78, 5) is 23.3. The minimum atomic E-state index is -0.370. The van der Waals surface area contributed by atoms with Crippen molar-refractivity contribution >= 4 is 28.9 Å². The molecule has 4 N–H and O–H groups in total. The fourth-order valence-corrected chi connectivity index (χ4v) is 2.43. The zero-order valence-corrected chi connectivity index (χ0v) is 12.5. The molecule has 0 radical (unpaired) electrons. The maximum atomic E-state index is 12.0. The smallest absolute Gasteiger partial charge is 0.291 e. The molecule has 2 heterocycles. The second kappa shape index (κ2) is 5.96. The molecule has 7 nitrogen and oxygen atoms in total. The van der Waals surface area contributed by atoms with Crippen molar-refractivity contribution in [3.63, 3.8) is 0 Å². The van der Waals surface area contributed by atoms with Crippen LogP contribution in [0, 0.1) is 5.92 Å². The summed E-state index contributed by atoms with van der Waals surface area (Å²) in [6, 6.07) is 8.45. The first kappa shape index (κ1) is 14.8. The highest BCUT2D eigenvalue weighted by Gasteiger charge is 2.22. The summed E-state index contributed by atoms with van der Waals surface area (Å²) < 4.78 is 5.04. The van der Waals surface area contributed by atoms with Crippen molar-refractivity contribution in [1.82, 2.24) is 5.43 Å². The van der Waals surface area contributed by atoms with Gasteiger partial charge in [0, 0.05) is 17.9 Å². The van der Waals surface area contributed by atoms with Gasteiger partial charge in [-0.3, -0.25) is 9.59 Å². The molecule has 0 fully saturated rings. The number of furan rings is 1. The molecule has 7 heteroatoms. The van der Waals surface area contributed by atoms with Gasteiger partial charge in [0.25, 0.3) is 5.91 Å². The number of benzene rings is 1. The second-order valence-corrected chi connectivity index (χ2v) is 5.37. The molecule has 0 saturated carbocycles. The van der Waals surface area contributed by atoms with Crippen LogP contribution in [-0.2, 0) is 4.79 Å². The van der Waals surface area contributed by atoms with Crippen molar-refractivity contribution in [1.29, 1.82) is 0 Å². The number of nitrogen functional groups attached to an aromatic ring is 1. The number of amides is 2. The number of carbonyl (C=O) groups is 2. The highest BCUT2D eigenvalue weighted by molar-refractivity contribution is 6.08. The van der Waals surface area contributed by atoms with E-state index < -0.39 is 0 Å². The van der Waals surface area contributed by atoms with Gasteiger partial charge in [-0.2, -0.15) is 5.10 Å². The van der Waals surface area contributed by atoms with Gasteiger partial charge in [-0.15, -0.1) is 0 Å². The summed E-state index contributed by atoms with van der Waals surface area (Å²) in [5.41, 5.74) is 11.0. The zero-order chi connectivity index (χ0) is 16.4. The number of hydrazone groups is 1. The lowest BCUT2D eigenvalue weighted by atomic mass is 9.93. The molecule has 0 saturated heterocycles. The maximum absolute atomic E-state index is 12.0. The van der Waals surface area contributed by atoms with Crippen LogP contribution in [0.3, 0.4) is 0 Å². The van der Waals surface area contributed by atoms with Crippen molar-refractivity contribution in [2.75, 3.05) is 11.1 Å². The maximum Gasteiger partial charge on any atom is 0.291 e. The molecule has 118 valence electrons. The Balaban J connectivity index is 1.81. The number of nitrogens with one attached hydrogen (secondary N) is 2. The van der Waals surface area contributed by atoms with E-state index in [0.717, 1.165) is 11.3 Å². The third kappa shape index (κ3) is 3.08. The number of rotatable bonds is 3. The standard InChI is InChI=1S/C16H16N4O3/c1-9-7-14(21)19-20-15(9)10-4-5-12(11(17)8-10)18-16(22)13-3-2-6-23-13/h2-6,8-9H,7,17H2,1H3,(H,18,22)(H,19,21). The van der Waals surface area contributed by atoms with Crippen molar-refractivity contribution in [3.8, 4) is 0 Å². The normalized spacial score (nSPS) is 17.3. The lowest BCUT2D eigenvalue weighted by Gasteiger charge is -2.19. The lowest BCUT2D eigenvalue weighted by Crippen LogP contribution is -2.32. The molecule has 1 aromatic heterocycles. The first-order valence-electron chi connectivity index (χ1n) is 7.16. The first-order valence-corrected chi connectivity index (χ1v) is 7.16. The van der Waals surface area contributed by atoms with Crippen LogP contribution in [0.15, 0.2) is 46.1 Å².